The fourth-order valence-electron chi connectivity index (χ4n) is 2.05. The van der Waals surface area contributed by atoms with E-state index in [1.165, 1.54) is 29.8 Å². The summed E-state index contributed by atoms with van der Waals surface area (Å²) in [5, 5.41) is 7.58. The van der Waals surface area contributed by atoms with Crippen molar-refractivity contribution in [3.8, 4) is 0 Å². The lowest BCUT2D eigenvalue weighted by Crippen LogP contribution is -2.29. The highest BCUT2D eigenvalue weighted by Gasteiger charge is 2.30. The van der Waals surface area contributed by atoms with Crippen molar-refractivity contribution in [1.82, 2.24) is 14.9 Å². The van der Waals surface area contributed by atoms with Crippen LogP contribution in [-0.4, -0.2) is 16.6 Å². The topological polar surface area (TPSA) is 37.8 Å². The Hall–Kier alpha value is -0.480. The zero-order valence-corrected chi connectivity index (χ0v) is 9.60. The fourth-order valence-corrected chi connectivity index (χ4v) is 2.99. The lowest BCUT2D eigenvalue weighted by atomic mass is 9.79. The number of hydrogen-bond acceptors (Lipinski definition) is 4. The maximum atomic E-state index is 4.17. The molecule has 1 saturated carbocycles. The molecule has 1 aliphatic carbocycles. The average molecular weight is 211 g/mol. The predicted octanol–water partition coefficient (Wildman–Crippen LogP) is 2.16. The van der Waals surface area contributed by atoms with Gasteiger partial charge in [0.05, 0.1) is 10.6 Å². The molecule has 2 rings (SSSR count). The minimum atomic E-state index is 0.499. The Bertz CT molecular complexity index is 293. The maximum absolute atomic E-state index is 4.17. The van der Waals surface area contributed by atoms with Crippen LogP contribution in [0.25, 0.3) is 0 Å². The third kappa shape index (κ3) is 1.68. The van der Waals surface area contributed by atoms with E-state index in [9.17, 15) is 0 Å². The van der Waals surface area contributed by atoms with E-state index in [1.54, 1.807) is 11.5 Å². The Balaban J connectivity index is 2.17. The van der Waals surface area contributed by atoms with Crippen molar-refractivity contribution < 1.29 is 0 Å². The Morgan fingerprint density at radius 1 is 1.57 bits per heavy atom. The molecule has 0 aliphatic heterocycles. The minimum Gasteiger partial charge on any atom is -0.312 e. The second-order valence-corrected chi connectivity index (χ2v) is 4.68. The van der Waals surface area contributed by atoms with Crippen molar-refractivity contribution in [2.24, 2.45) is 5.92 Å². The number of rotatable bonds is 4. The van der Waals surface area contributed by atoms with Crippen molar-refractivity contribution in [2.75, 3.05) is 7.05 Å². The molecule has 0 bridgehead atoms. The first-order valence-electron chi connectivity index (χ1n) is 5.35. The SMILES string of the molecule is CCc1nnsc1C(NC)C1CCC1. The molecule has 0 amide bonds. The van der Waals surface area contributed by atoms with E-state index >= 15 is 0 Å². The van der Waals surface area contributed by atoms with Crippen LogP contribution in [0, 0.1) is 5.92 Å². The first-order valence-corrected chi connectivity index (χ1v) is 6.12. The lowest BCUT2D eigenvalue weighted by Gasteiger charge is -2.33. The zero-order chi connectivity index (χ0) is 9.97. The molecule has 1 N–H and O–H groups in total. The predicted molar refractivity (Wildman–Crippen MR) is 58.4 cm³/mol. The van der Waals surface area contributed by atoms with Crippen LogP contribution in [-0.2, 0) is 6.42 Å². The molecule has 14 heavy (non-hydrogen) atoms. The molecular weight excluding hydrogens is 194 g/mol. The smallest absolute Gasteiger partial charge is 0.0801 e. The molecule has 1 heterocycles. The summed E-state index contributed by atoms with van der Waals surface area (Å²) < 4.78 is 4.05. The van der Waals surface area contributed by atoms with Crippen molar-refractivity contribution in [2.45, 2.75) is 38.6 Å². The number of aryl methyl sites for hydroxylation is 1. The standard InChI is InChI=1S/C10H17N3S/c1-3-8-10(14-13-12-8)9(11-2)7-5-4-6-7/h7,9,11H,3-6H2,1-2H3. The molecule has 0 aromatic carbocycles. The Labute approximate surface area is 89.1 Å². The van der Waals surface area contributed by atoms with Gasteiger partial charge in [0.25, 0.3) is 0 Å². The second-order valence-electron chi connectivity index (χ2n) is 3.89. The van der Waals surface area contributed by atoms with Crippen molar-refractivity contribution in [3.63, 3.8) is 0 Å². The third-order valence-electron chi connectivity index (χ3n) is 3.13. The van der Waals surface area contributed by atoms with E-state index in [2.05, 4.69) is 21.8 Å². The molecular formula is C10H17N3S. The van der Waals surface area contributed by atoms with Crippen molar-refractivity contribution >= 4 is 11.5 Å². The van der Waals surface area contributed by atoms with E-state index in [-0.39, 0.29) is 0 Å². The van der Waals surface area contributed by atoms with Crippen LogP contribution < -0.4 is 5.32 Å². The van der Waals surface area contributed by atoms with Gasteiger partial charge in [-0.2, -0.15) is 0 Å². The van der Waals surface area contributed by atoms with Crippen molar-refractivity contribution in [3.05, 3.63) is 10.6 Å². The summed E-state index contributed by atoms with van der Waals surface area (Å²) in [6.45, 7) is 2.15. The fraction of sp³-hybridized carbons (Fsp3) is 0.800. The quantitative estimate of drug-likeness (QED) is 0.829. The highest BCUT2D eigenvalue weighted by Crippen LogP contribution is 2.39. The van der Waals surface area contributed by atoms with Crippen LogP contribution in [0.4, 0.5) is 0 Å². The van der Waals surface area contributed by atoms with Gasteiger partial charge in [-0.05, 0) is 43.8 Å². The van der Waals surface area contributed by atoms with E-state index in [1.807, 2.05) is 7.05 Å². The Morgan fingerprint density at radius 3 is 2.86 bits per heavy atom. The highest BCUT2D eigenvalue weighted by molar-refractivity contribution is 7.05. The van der Waals surface area contributed by atoms with Gasteiger partial charge >= 0.3 is 0 Å². The molecule has 0 spiro atoms. The number of nitrogens with one attached hydrogen (secondary N) is 1. The van der Waals surface area contributed by atoms with Crippen LogP contribution in [0.5, 0.6) is 0 Å². The van der Waals surface area contributed by atoms with E-state index < -0.39 is 0 Å². The molecule has 1 aromatic rings. The molecule has 4 heteroatoms. The summed E-state index contributed by atoms with van der Waals surface area (Å²) in [5.74, 6) is 0.813. The van der Waals surface area contributed by atoms with E-state index in [4.69, 9.17) is 0 Å². The van der Waals surface area contributed by atoms with Gasteiger partial charge in [-0.1, -0.05) is 17.8 Å². The monoisotopic (exact) mass is 211 g/mol. The molecule has 3 nitrogen and oxygen atoms in total. The van der Waals surface area contributed by atoms with Crippen LogP contribution >= 0.6 is 11.5 Å². The van der Waals surface area contributed by atoms with Gasteiger partial charge < -0.3 is 5.32 Å². The van der Waals surface area contributed by atoms with Crippen LogP contribution in [0.3, 0.4) is 0 Å². The third-order valence-corrected chi connectivity index (χ3v) is 3.98. The van der Waals surface area contributed by atoms with Gasteiger partial charge in [0.1, 0.15) is 0 Å². The first-order chi connectivity index (χ1) is 6.86. The lowest BCUT2D eigenvalue weighted by molar-refractivity contribution is 0.241. The summed E-state index contributed by atoms with van der Waals surface area (Å²) in [6.07, 6.45) is 5.09. The van der Waals surface area contributed by atoms with E-state index in [0.29, 0.717) is 6.04 Å². The molecule has 0 radical (unpaired) electrons. The summed E-state index contributed by atoms with van der Waals surface area (Å²) in [7, 11) is 2.04. The number of hydrogen-bond donors (Lipinski definition) is 1. The van der Waals surface area contributed by atoms with Gasteiger partial charge in [-0.15, -0.1) is 5.10 Å². The van der Waals surface area contributed by atoms with Gasteiger partial charge in [-0.3, -0.25) is 0 Å². The molecule has 0 saturated heterocycles. The molecule has 1 aliphatic rings. The maximum Gasteiger partial charge on any atom is 0.0801 e. The highest BCUT2D eigenvalue weighted by atomic mass is 32.1. The number of aromatic nitrogens is 2. The summed E-state index contributed by atoms with van der Waals surface area (Å²) in [6, 6.07) is 0.499. The van der Waals surface area contributed by atoms with Crippen LogP contribution in [0.15, 0.2) is 0 Å². The minimum absolute atomic E-state index is 0.499. The van der Waals surface area contributed by atoms with Gasteiger partial charge in [0, 0.05) is 6.04 Å². The average Bonchev–Trinajstić information content (AvgIpc) is 2.58. The molecule has 1 aromatic heterocycles. The largest absolute Gasteiger partial charge is 0.312 e. The summed E-state index contributed by atoms with van der Waals surface area (Å²) >= 11 is 1.56. The van der Waals surface area contributed by atoms with Crippen molar-refractivity contribution in [1.29, 1.82) is 0 Å². The molecule has 1 fully saturated rings. The molecule has 1 atom stereocenters. The zero-order valence-electron chi connectivity index (χ0n) is 8.79. The van der Waals surface area contributed by atoms with Crippen LogP contribution in [0.2, 0.25) is 0 Å². The van der Waals surface area contributed by atoms with Gasteiger partial charge in [0.15, 0.2) is 0 Å². The molecule has 78 valence electrons. The Kier molecular flexibility index (Phi) is 3.13. The van der Waals surface area contributed by atoms with Gasteiger partial charge in [0.2, 0.25) is 0 Å². The second kappa shape index (κ2) is 4.36. The normalized spacial score (nSPS) is 19.3. The summed E-state index contributed by atoms with van der Waals surface area (Å²) in [5.41, 5.74) is 1.18. The molecule has 1 unspecified atom stereocenters. The van der Waals surface area contributed by atoms with Gasteiger partial charge in [-0.25, -0.2) is 0 Å². The summed E-state index contributed by atoms with van der Waals surface area (Å²) in [4.78, 5) is 1.36. The number of nitrogens with zero attached hydrogens (tertiary/aromatic N) is 2. The van der Waals surface area contributed by atoms with Crippen LogP contribution in [0.1, 0.15) is 42.8 Å². The first kappa shape index (κ1) is 10.1. The van der Waals surface area contributed by atoms with E-state index in [0.717, 1.165) is 12.3 Å². The Morgan fingerprint density at radius 2 is 2.36 bits per heavy atom.